The largest absolute Gasteiger partial charge is 0.326 e. The fourth-order valence-corrected chi connectivity index (χ4v) is 2.72. The van der Waals surface area contributed by atoms with E-state index in [9.17, 15) is 4.79 Å². The molecule has 3 rings (SSSR count). The number of imidazole rings is 1. The van der Waals surface area contributed by atoms with E-state index in [1.807, 2.05) is 30.5 Å². The molecule has 1 amide bonds. The molecule has 0 unspecified atom stereocenters. The Morgan fingerprint density at radius 1 is 1.33 bits per heavy atom. The van der Waals surface area contributed by atoms with E-state index in [4.69, 9.17) is 0 Å². The highest BCUT2D eigenvalue weighted by atomic mass is 32.1. The number of amides is 1. The average Bonchev–Trinajstić information content (AvgIpc) is 2.91. The SMILES string of the molecule is CC(=O)Nc1ccc(-c2csc3nccn23)cc1. The van der Waals surface area contributed by atoms with Crippen molar-refractivity contribution in [2.45, 2.75) is 6.92 Å². The number of anilines is 1. The number of fused-ring (bicyclic) bond motifs is 1. The van der Waals surface area contributed by atoms with Crippen LogP contribution in [0.2, 0.25) is 0 Å². The van der Waals surface area contributed by atoms with E-state index in [1.54, 1.807) is 17.5 Å². The first-order valence-corrected chi connectivity index (χ1v) is 6.40. The summed E-state index contributed by atoms with van der Waals surface area (Å²) < 4.78 is 2.05. The van der Waals surface area contributed by atoms with Gasteiger partial charge in [-0.15, -0.1) is 11.3 Å². The zero-order valence-electron chi connectivity index (χ0n) is 9.75. The van der Waals surface area contributed by atoms with Gasteiger partial charge in [-0.05, 0) is 17.7 Å². The molecule has 90 valence electrons. The molecule has 3 aromatic rings. The number of carbonyl (C=O) groups is 1. The van der Waals surface area contributed by atoms with Crippen LogP contribution in [0.4, 0.5) is 5.69 Å². The van der Waals surface area contributed by atoms with Gasteiger partial charge in [-0.25, -0.2) is 4.98 Å². The Morgan fingerprint density at radius 2 is 2.11 bits per heavy atom. The highest BCUT2D eigenvalue weighted by Gasteiger charge is 2.06. The van der Waals surface area contributed by atoms with Crippen molar-refractivity contribution < 1.29 is 4.79 Å². The van der Waals surface area contributed by atoms with Crippen LogP contribution in [0.1, 0.15) is 6.92 Å². The fourth-order valence-electron chi connectivity index (χ4n) is 1.86. The monoisotopic (exact) mass is 257 g/mol. The second-order valence-corrected chi connectivity index (χ2v) is 4.80. The van der Waals surface area contributed by atoms with Crippen molar-refractivity contribution in [1.82, 2.24) is 9.38 Å². The first-order valence-electron chi connectivity index (χ1n) is 5.52. The molecule has 0 radical (unpaired) electrons. The van der Waals surface area contributed by atoms with Crippen molar-refractivity contribution in [2.24, 2.45) is 0 Å². The predicted molar refractivity (Wildman–Crippen MR) is 72.8 cm³/mol. The Bertz CT molecular complexity index is 696. The molecule has 0 bridgehead atoms. The van der Waals surface area contributed by atoms with Crippen molar-refractivity contribution >= 4 is 27.9 Å². The maximum atomic E-state index is 10.9. The summed E-state index contributed by atoms with van der Waals surface area (Å²) in [6.45, 7) is 1.50. The molecule has 0 saturated carbocycles. The zero-order chi connectivity index (χ0) is 12.5. The summed E-state index contributed by atoms with van der Waals surface area (Å²) in [6.07, 6.45) is 3.74. The van der Waals surface area contributed by atoms with Crippen LogP contribution in [0.3, 0.4) is 0 Å². The molecule has 0 aliphatic heterocycles. The van der Waals surface area contributed by atoms with E-state index in [1.165, 1.54) is 6.92 Å². The summed E-state index contributed by atoms with van der Waals surface area (Å²) in [6, 6.07) is 7.79. The van der Waals surface area contributed by atoms with Gasteiger partial charge in [0.1, 0.15) is 0 Å². The number of hydrogen-bond donors (Lipinski definition) is 1. The van der Waals surface area contributed by atoms with Gasteiger partial charge in [0.2, 0.25) is 5.91 Å². The van der Waals surface area contributed by atoms with E-state index in [2.05, 4.69) is 20.1 Å². The average molecular weight is 257 g/mol. The van der Waals surface area contributed by atoms with Crippen molar-refractivity contribution in [2.75, 3.05) is 5.32 Å². The Hall–Kier alpha value is -2.14. The third kappa shape index (κ3) is 1.89. The van der Waals surface area contributed by atoms with E-state index in [-0.39, 0.29) is 5.91 Å². The molecular formula is C13H11N3OS. The highest BCUT2D eigenvalue weighted by Crippen LogP contribution is 2.26. The van der Waals surface area contributed by atoms with Gasteiger partial charge in [-0.2, -0.15) is 0 Å². The van der Waals surface area contributed by atoms with Crippen LogP contribution in [-0.4, -0.2) is 15.3 Å². The van der Waals surface area contributed by atoms with Gasteiger partial charge >= 0.3 is 0 Å². The van der Waals surface area contributed by atoms with Crippen molar-refractivity contribution in [3.05, 3.63) is 42.0 Å². The van der Waals surface area contributed by atoms with Gasteiger partial charge < -0.3 is 5.32 Å². The second kappa shape index (κ2) is 4.27. The van der Waals surface area contributed by atoms with Crippen LogP contribution < -0.4 is 5.32 Å². The number of benzene rings is 1. The standard InChI is InChI=1S/C13H11N3OS/c1-9(17)15-11-4-2-10(3-5-11)12-8-18-13-14-6-7-16(12)13/h2-8H,1H3,(H,15,17). The van der Waals surface area contributed by atoms with Crippen molar-refractivity contribution in [3.63, 3.8) is 0 Å². The summed E-state index contributed by atoms with van der Waals surface area (Å²) in [5.41, 5.74) is 3.03. The van der Waals surface area contributed by atoms with Gasteiger partial charge in [0.25, 0.3) is 0 Å². The van der Waals surface area contributed by atoms with Gasteiger partial charge in [0.05, 0.1) is 5.69 Å². The summed E-state index contributed by atoms with van der Waals surface area (Å²) >= 11 is 1.61. The summed E-state index contributed by atoms with van der Waals surface area (Å²) in [7, 11) is 0. The van der Waals surface area contributed by atoms with Crippen LogP contribution in [-0.2, 0) is 4.79 Å². The molecule has 0 saturated heterocycles. The molecule has 5 heteroatoms. The lowest BCUT2D eigenvalue weighted by Gasteiger charge is -2.04. The number of nitrogens with one attached hydrogen (secondary N) is 1. The minimum absolute atomic E-state index is 0.0599. The van der Waals surface area contributed by atoms with Crippen molar-refractivity contribution in [3.8, 4) is 11.3 Å². The lowest BCUT2D eigenvalue weighted by Crippen LogP contribution is -2.05. The van der Waals surface area contributed by atoms with E-state index in [0.717, 1.165) is 21.9 Å². The van der Waals surface area contributed by atoms with Gasteiger partial charge in [-0.3, -0.25) is 9.20 Å². The van der Waals surface area contributed by atoms with Crippen LogP contribution in [0.15, 0.2) is 42.0 Å². The minimum Gasteiger partial charge on any atom is -0.326 e. The number of carbonyl (C=O) groups excluding carboxylic acids is 1. The van der Waals surface area contributed by atoms with Crippen LogP contribution in [0, 0.1) is 0 Å². The van der Waals surface area contributed by atoms with Gasteiger partial charge in [0, 0.05) is 30.4 Å². The summed E-state index contributed by atoms with van der Waals surface area (Å²) in [4.78, 5) is 16.2. The van der Waals surface area contributed by atoms with E-state index >= 15 is 0 Å². The molecule has 18 heavy (non-hydrogen) atoms. The molecular weight excluding hydrogens is 246 g/mol. The quantitative estimate of drug-likeness (QED) is 0.767. The lowest BCUT2D eigenvalue weighted by atomic mass is 10.1. The van der Waals surface area contributed by atoms with Crippen molar-refractivity contribution in [1.29, 1.82) is 0 Å². The molecule has 4 nitrogen and oxygen atoms in total. The number of aromatic nitrogens is 2. The lowest BCUT2D eigenvalue weighted by molar-refractivity contribution is -0.114. The summed E-state index contributed by atoms with van der Waals surface area (Å²) in [5, 5.41) is 4.83. The Kier molecular flexibility index (Phi) is 2.60. The third-order valence-electron chi connectivity index (χ3n) is 2.64. The van der Waals surface area contributed by atoms with E-state index in [0.29, 0.717) is 0 Å². The molecule has 1 N–H and O–H groups in total. The first kappa shape index (κ1) is 11.0. The van der Waals surface area contributed by atoms with Gasteiger partial charge in [0.15, 0.2) is 4.96 Å². The number of nitrogens with zero attached hydrogens (tertiary/aromatic N) is 2. The maximum Gasteiger partial charge on any atom is 0.221 e. The molecule has 0 fully saturated rings. The molecule has 1 aromatic carbocycles. The first-order chi connectivity index (χ1) is 8.74. The maximum absolute atomic E-state index is 10.9. The highest BCUT2D eigenvalue weighted by molar-refractivity contribution is 7.15. The molecule has 2 heterocycles. The molecule has 0 atom stereocenters. The normalized spacial score (nSPS) is 10.7. The molecule has 2 aromatic heterocycles. The molecule has 0 spiro atoms. The number of rotatable bonds is 2. The predicted octanol–water partition coefficient (Wildman–Crippen LogP) is 3.02. The zero-order valence-corrected chi connectivity index (χ0v) is 10.6. The number of thiazole rings is 1. The van der Waals surface area contributed by atoms with E-state index < -0.39 is 0 Å². The third-order valence-corrected chi connectivity index (χ3v) is 3.50. The Balaban J connectivity index is 1.98. The second-order valence-electron chi connectivity index (χ2n) is 3.96. The minimum atomic E-state index is -0.0599. The fraction of sp³-hybridized carbons (Fsp3) is 0.0769. The summed E-state index contributed by atoms with van der Waals surface area (Å²) in [5.74, 6) is -0.0599. The topological polar surface area (TPSA) is 46.4 Å². The number of hydrogen-bond acceptors (Lipinski definition) is 3. The van der Waals surface area contributed by atoms with Gasteiger partial charge in [-0.1, -0.05) is 12.1 Å². The molecule has 0 aliphatic rings. The Labute approximate surface area is 108 Å². The molecule has 0 aliphatic carbocycles. The van der Waals surface area contributed by atoms with Crippen LogP contribution >= 0.6 is 11.3 Å². The Morgan fingerprint density at radius 3 is 2.83 bits per heavy atom. The van der Waals surface area contributed by atoms with Crippen LogP contribution in [0.25, 0.3) is 16.2 Å². The smallest absolute Gasteiger partial charge is 0.221 e. The van der Waals surface area contributed by atoms with Crippen LogP contribution in [0.5, 0.6) is 0 Å².